The molecule has 1 aliphatic rings. The van der Waals surface area contributed by atoms with E-state index in [2.05, 4.69) is 21.4 Å². The fourth-order valence-electron chi connectivity index (χ4n) is 2.93. The van der Waals surface area contributed by atoms with Gasteiger partial charge in [-0.3, -0.25) is 9.55 Å². The van der Waals surface area contributed by atoms with Crippen molar-refractivity contribution in [1.82, 2.24) is 14.5 Å². The molecule has 8 heteroatoms. The first kappa shape index (κ1) is 17.5. The molecular weight excluding hydrogens is 358 g/mol. The molecule has 0 atom stereocenters. The number of hydrogen-bond acceptors (Lipinski definition) is 7. The predicted molar refractivity (Wildman–Crippen MR) is 102 cm³/mol. The van der Waals surface area contributed by atoms with Crippen LogP contribution in [0.15, 0.2) is 47.4 Å². The standard InChI is InChI=1S/C20H17N5O3/c1-13-8-16(4-5-22-13)28-17-3-2-14(9-15(17)11-21)12-27-19-10-18-23-6-7-25(18)20(26)24-19/h2-5,8-10,23H,6-7,12H2,1H3. The van der Waals surface area contributed by atoms with Crippen LogP contribution in [0.3, 0.4) is 0 Å². The van der Waals surface area contributed by atoms with E-state index in [0.717, 1.165) is 11.3 Å². The lowest BCUT2D eigenvalue weighted by molar-refractivity contribution is 0.291. The van der Waals surface area contributed by atoms with Crippen molar-refractivity contribution in [3.8, 4) is 23.4 Å². The minimum atomic E-state index is -0.341. The number of ether oxygens (including phenoxy) is 2. The number of nitrogens with zero attached hydrogens (tertiary/aromatic N) is 4. The summed E-state index contributed by atoms with van der Waals surface area (Å²) in [6, 6.07) is 12.6. The SMILES string of the molecule is Cc1cc(Oc2ccc(COc3cc4n(c(=O)n3)CCN4)cc2C#N)ccn1. The Kier molecular flexibility index (Phi) is 4.64. The van der Waals surface area contributed by atoms with Crippen molar-refractivity contribution < 1.29 is 9.47 Å². The first-order valence-electron chi connectivity index (χ1n) is 8.74. The normalized spacial score (nSPS) is 12.0. The second kappa shape index (κ2) is 7.40. The Balaban J connectivity index is 1.50. The Labute approximate surface area is 161 Å². The fraction of sp³-hybridized carbons (Fsp3) is 0.200. The van der Waals surface area contributed by atoms with E-state index in [1.54, 1.807) is 41.1 Å². The van der Waals surface area contributed by atoms with E-state index in [-0.39, 0.29) is 18.2 Å². The van der Waals surface area contributed by atoms with Crippen LogP contribution in [0.25, 0.3) is 0 Å². The van der Waals surface area contributed by atoms with Gasteiger partial charge < -0.3 is 14.8 Å². The predicted octanol–water partition coefficient (Wildman–Crippen LogP) is 2.62. The summed E-state index contributed by atoms with van der Waals surface area (Å²) < 4.78 is 13.0. The molecule has 3 aromatic rings. The van der Waals surface area contributed by atoms with Gasteiger partial charge >= 0.3 is 5.69 Å². The van der Waals surface area contributed by atoms with Crippen molar-refractivity contribution in [1.29, 1.82) is 5.26 Å². The number of aryl methyl sites for hydroxylation is 1. The monoisotopic (exact) mass is 375 g/mol. The van der Waals surface area contributed by atoms with E-state index >= 15 is 0 Å². The molecule has 0 amide bonds. The lowest BCUT2D eigenvalue weighted by atomic mass is 10.1. The van der Waals surface area contributed by atoms with Gasteiger partial charge in [0.15, 0.2) is 0 Å². The van der Waals surface area contributed by atoms with Gasteiger partial charge in [-0.1, -0.05) is 6.07 Å². The maximum Gasteiger partial charge on any atom is 0.352 e. The third-order valence-corrected chi connectivity index (χ3v) is 4.28. The van der Waals surface area contributed by atoms with Crippen LogP contribution in [0, 0.1) is 18.3 Å². The van der Waals surface area contributed by atoms with Crippen molar-refractivity contribution in [3.05, 3.63) is 69.9 Å². The number of aromatic nitrogens is 3. The Morgan fingerprint density at radius 3 is 3.00 bits per heavy atom. The summed E-state index contributed by atoms with van der Waals surface area (Å²) in [5, 5.41) is 12.6. The number of hydrogen-bond donors (Lipinski definition) is 1. The quantitative estimate of drug-likeness (QED) is 0.731. The molecule has 0 saturated carbocycles. The molecule has 0 spiro atoms. The number of benzene rings is 1. The molecule has 1 N–H and O–H groups in total. The first-order valence-corrected chi connectivity index (χ1v) is 8.74. The van der Waals surface area contributed by atoms with Crippen LogP contribution in [0.2, 0.25) is 0 Å². The minimum absolute atomic E-state index is 0.180. The zero-order chi connectivity index (χ0) is 19.5. The van der Waals surface area contributed by atoms with Gasteiger partial charge in [0, 0.05) is 37.1 Å². The van der Waals surface area contributed by atoms with E-state index in [1.165, 1.54) is 0 Å². The second-order valence-corrected chi connectivity index (χ2v) is 6.31. The summed E-state index contributed by atoms with van der Waals surface area (Å²) in [6.07, 6.45) is 1.65. The summed E-state index contributed by atoms with van der Waals surface area (Å²) in [6.45, 7) is 3.35. The molecule has 1 aliphatic heterocycles. The van der Waals surface area contributed by atoms with Crippen LogP contribution >= 0.6 is 0 Å². The number of anilines is 1. The topological polar surface area (TPSA) is 102 Å². The molecule has 0 unspecified atom stereocenters. The Hall–Kier alpha value is -3.86. The molecule has 1 aromatic carbocycles. The highest BCUT2D eigenvalue weighted by molar-refractivity contribution is 5.47. The van der Waals surface area contributed by atoms with Crippen LogP contribution in [0.4, 0.5) is 5.82 Å². The molecule has 3 heterocycles. The Morgan fingerprint density at radius 2 is 2.18 bits per heavy atom. The van der Waals surface area contributed by atoms with Crippen LogP contribution in [0.5, 0.6) is 17.4 Å². The van der Waals surface area contributed by atoms with E-state index in [9.17, 15) is 10.1 Å². The van der Waals surface area contributed by atoms with E-state index in [4.69, 9.17) is 9.47 Å². The number of fused-ring (bicyclic) bond motifs is 1. The van der Waals surface area contributed by atoms with Crippen molar-refractivity contribution in [2.75, 3.05) is 11.9 Å². The lowest BCUT2D eigenvalue weighted by Crippen LogP contribution is -2.21. The largest absolute Gasteiger partial charge is 0.473 e. The van der Waals surface area contributed by atoms with Gasteiger partial charge in [0.05, 0.1) is 5.56 Å². The maximum absolute atomic E-state index is 12.0. The molecule has 140 valence electrons. The van der Waals surface area contributed by atoms with Crippen LogP contribution in [-0.2, 0) is 13.2 Å². The number of rotatable bonds is 5. The number of nitrogens with one attached hydrogen (secondary N) is 1. The highest BCUT2D eigenvalue weighted by Gasteiger charge is 2.14. The molecule has 0 saturated heterocycles. The summed E-state index contributed by atoms with van der Waals surface area (Å²) in [4.78, 5) is 20.0. The lowest BCUT2D eigenvalue weighted by Gasteiger charge is -2.10. The van der Waals surface area contributed by atoms with Gasteiger partial charge in [0.2, 0.25) is 5.88 Å². The molecular formula is C20H17N5O3. The minimum Gasteiger partial charge on any atom is -0.473 e. The molecule has 0 aliphatic carbocycles. The zero-order valence-electron chi connectivity index (χ0n) is 15.2. The van der Waals surface area contributed by atoms with Gasteiger partial charge in [0.25, 0.3) is 0 Å². The first-order chi connectivity index (χ1) is 13.6. The molecule has 2 aromatic heterocycles. The van der Waals surface area contributed by atoms with Gasteiger partial charge in [-0.2, -0.15) is 10.2 Å². The van der Waals surface area contributed by atoms with Crippen molar-refractivity contribution >= 4 is 5.82 Å². The fourth-order valence-corrected chi connectivity index (χ4v) is 2.93. The van der Waals surface area contributed by atoms with Crippen LogP contribution in [-0.4, -0.2) is 21.1 Å². The van der Waals surface area contributed by atoms with E-state index in [1.807, 2.05) is 13.0 Å². The third-order valence-electron chi connectivity index (χ3n) is 4.28. The summed E-state index contributed by atoms with van der Waals surface area (Å²) in [5.74, 6) is 2.01. The van der Waals surface area contributed by atoms with Gasteiger partial charge in [-0.15, -0.1) is 0 Å². The second-order valence-electron chi connectivity index (χ2n) is 6.31. The molecule has 4 rings (SSSR count). The Bertz CT molecular complexity index is 1130. The van der Waals surface area contributed by atoms with E-state index < -0.39 is 0 Å². The van der Waals surface area contributed by atoms with Crippen LogP contribution < -0.4 is 20.5 Å². The van der Waals surface area contributed by atoms with Gasteiger partial charge in [0.1, 0.15) is 30.0 Å². The average Bonchev–Trinajstić information content (AvgIpc) is 3.16. The zero-order valence-corrected chi connectivity index (χ0v) is 15.2. The summed E-state index contributed by atoms with van der Waals surface area (Å²) in [7, 11) is 0. The maximum atomic E-state index is 12.0. The molecule has 8 nitrogen and oxygen atoms in total. The van der Waals surface area contributed by atoms with Crippen molar-refractivity contribution in [2.24, 2.45) is 0 Å². The van der Waals surface area contributed by atoms with Gasteiger partial charge in [-0.05, 0) is 30.7 Å². The molecule has 28 heavy (non-hydrogen) atoms. The smallest absolute Gasteiger partial charge is 0.352 e. The van der Waals surface area contributed by atoms with E-state index in [0.29, 0.717) is 36.0 Å². The van der Waals surface area contributed by atoms with Gasteiger partial charge in [-0.25, -0.2) is 4.79 Å². The third kappa shape index (κ3) is 3.64. The molecule has 0 fully saturated rings. The number of pyridine rings is 1. The number of nitriles is 1. The molecule has 0 radical (unpaired) electrons. The van der Waals surface area contributed by atoms with Crippen molar-refractivity contribution in [3.63, 3.8) is 0 Å². The highest BCUT2D eigenvalue weighted by Crippen LogP contribution is 2.26. The average molecular weight is 375 g/mol. The highest BCUT2D eigenvalue weighted by atomic mass is 16.5. The summed E-state index contributed by atoms with van der Waals surface area (Å²) >= 11 is 0. The van der Waals surface area contributed by atoms with Crippen LogP contribution in [0.1, 0.15) is 16.8 Å². The van der Waals surface area contributed by atoms with Crippen molar-refractivity contribution in [2.45, 2.75) is 20.1 Å². The summed E-state index contributed by atoms with van der Waals surface area (Å²) in [5.41, 5.74) is 1.64. The Morgan fingerprint density at radius 1 is 1.29 bits per heavy atom. The molecule has 0 bridgehead atoms.